The molecule has 6 nitrogen and oxygen atoms in total. The molecule has 0 radical (unpaired) electrons. The number of anilines is 1. The zero-order valence-electron chi connectivity index (χ0n) is 7.86. The van der Waals surface area contributed by atoms with Crippen LogP contribution in [0.3, 0.4) is 0 Å². The molecule has 0 aliphatic heterocycles. The topological polar surface area (TPSA) is 90.1 Å². The number of carbonyl (C=O) groups excluding carboxylic acids is 1. The van der Waals surface area contributed by atoms with Crippen LogP contribution in [-0.2, 0) is 4.74 Å². The Morgan fingerprint density at radius 2 is 2.50 bits per heavy atom. The van der Waals surface area contributed by atoms with Gasteiger partial charge in [-0.2, -0.15) is 0 Å². The third-order valence-electron chi connectivity index (χ3n) is 1.42. The predicted octanol–water partition coefficient (Wildman–Crippen LogP) is 0.292. The van der Waals surface area contributed by atoms with Crippen LogP contribution in [0.15, 0.2) is 12.3 Å². The lowest BCUT2D eigenvalue weighted by molar-refractivity contribution is 0.161. The summed E-state index contributed by atoms with van der Waals surface area (Å²) in [5.74, 6) is 0.512. The number of aromatic nitrogens is 2. The van der Waals surface area contributed by atoms with Crippen molar-refractivity contribution in [3.05, 3.63) is 18.0 Å². The van der Waals surface area contributed by atoms with E-state index in [1.54, 1.807) is 12.3 Å². The lowest BCUT2D eigenvalue weighted by Gasteiger charge is -2.04. The van der Waals surface area contributed by atoms with E-state index in [0.717, 1.165) is 5.69 Å². The van der Waals surface area contributed by atoms with Gasteiger partial charge in [0.25, 0.3) is 0 Å². The van der Waals surface area contributed by atoms with Gasteiger partial charge in [0.2, 0.25) is 5.95 Å². The number of primary amides is 1. The van der Waals surface area contributed by atoms with Crippen LogP contribution in [-0.4, -0.2) is 29.2 Å². The standard InChI is InChI=1S/C8H12N4O2/c1-6-2-3-10-8(12-6)11-4-5-14-7(9)13/h2-3H,4-5H2,1H3,(H2,9,13)(H,10,11,12). The molecule has 0 aliphatic rings. The van der Waals surface area contributed by atoms with Crippen LogP contribution in [0.2, 0.25) is 0 Å². The molecule has 6 heteroatoms. The van der Waals surface area contributed by atoms with Gasteiger partial charge in [-0.3, -0.25) is 0 Å². The van der Waals surface area contributed by atoms with Crippen LogP contribution in [0.4, 0.5) is 10.7 Å². The molecule has 0 fully saturated rings. The largest absolute Gasteiger partial charge is 0.448 e. The van der Waals surface area contributed by atoms with E-state index < -0.39 is 6.09 Å². The monoisotopic (exact) mass is 196 g/mol. The molecule has 0 aromatic carbocycles. The zero-order valence-corrected chi connectivity index (χ0v) is 7.86. The van der Waals surface area contributed by atoms with E-state index in [0.29, 0.717) is 12.5 Å². The number of amides is 1. The molecule has 3 N–H and O–H groups in total. The van der Waals surface area contributed by atoms with Crippen LogP contribution in [0.5, 0.6) is 0 Å². The highest BCUT2D eigenvalue weighted by molar-refractivity contribution is 5.64. The number of rotatable bonds is 4. The normalized spacial score (nSPS) is 9.50. The van der Waals surface area contributed by atoms with Gasteiger partial charge in [0.1, 0.15) is 6.61 Å². The summed E-state index contributed by atoms with van der Waals surface area (Å²) in [6.07, 6.45) is 0.872. The van der Waals surface area contributed by atoms with Gasteiger partial charge < -0.3 is 15.8 Å². The highest BCUT2D eigenvalue weighted by atomic mass is 16.5. The third kappa shape index (κ3) is 3.70. The van der Waals surface area contributed by atoms with Gasteiger partial charge in [-0.05, 0) is 13.0 Å². The van der Waals surface area contributed by atoms with Crippen molar-refractivity contribution in [3.8, 4) is 0 Å². The molecule has 0 saturated carbocycles. The maximum absolute atomic E-state index is 10.2. The Labute approximate surface area is 81.5 Å². The Bertz CT molecular complexity index is 316. The minimum atomic E-state index is -0.781. The minimum Gasteiger partial charge on any atom is -0.448 e. The first-order valence-electron chi connectivity index (χ1n) is 4.14. The minimum absolute atomic E-state index is 0.201. The number of nitrogens with zero attached hydrogens (tertiary/aromatic N) is 2. The van der Waals surface area contributed by atoms with Gasteiger partial charge in [-0.25, -0.2) is 14.8 Å². The number of hydrogen-bond donors (Lipinski definition) is 2. The van der Waals surface area contributed by atoms with E-state index in [1.165, 1.54) is 0 Å². The van der Waals surface area contributed by atoms with Gasteiger partial charge in [-0.15, -0.1) is 0 Å². The number of carbonyl (C=O) groups is 1. The first kappa shape index (κ1) is 10.2. The highest BCUT2D eigenvalue weighted by Gasteiger charge is 1.96. The van der Waals surface area contributed by atoms with Crippen LogP contribution in [0, 0.1) is 6.92 Å². The summed E-state index contributed by atoms with van der Waals surface area (Å²) in [6, 6.07) is 1.80. The van der Waals surface area contributed by atoms with Crippen LogP contribution < -0.4 is 11.1 Å². The molecular formula is C8H12N4O2. The Hall–Kier alpha value is -1.85. The second-order valence-corrected chi connectivity index (χ2v) is 2.62. The Morgan fingerprint density at radius 3 is 3.14 bits per heavy atom. The second-order valence-electron chi connectivity index (χ2n) is 2.62. The molecule has 0 spiro atoms. The van der Waals surface area contributed by atoms with E-state index in [9.17, 15) is 4.79 Å². The first-order chi connectivity index (χ1) is 6.68. The summed E-state index contributed by atoms with van der Waals surface area (Å²) in [6.45, 7) is 2.51. The van der Waals surface area contributed by atoms with Crippen molar-refractivity contribution < 1.29 is 9.53 Å². The number of nitrogens with two attached hydrogens (primary N) is 1. The Kier molecular flexibility index (Phi) is 3.66. The molecular weight excluding hydrogens is 184 g/mol. The number of nitrogens with one attached hydrogen (secondary N) is 1. The SMILES string of the molecule is Cc1ccnc(NCCOC(N)=O)n1. The fourth-order valence-electron chi connectivity index (χ4n) is 0.849. The fraction of sp³-hybridized carbons (Fsp3) is 0.375. The fourth-order valence-corrected chi connectivity index (χ4v) is 0.849. The average molecular weight is 196 g/mol. The first-order valence-corrected chi connectivity index (χ1v) is 4.14. The predicted molar refractivity (Wildman–Crippen MR) is 50.8 cm³/mol. The highest BCUT2D eigenvalue weighted by Crippen LogP contribution is 1.97. The number of aryl methyl sites for hydroxylation is 1. The van der Waals surface area contributed by atoms with Gasteiger partial charge in [0.05, 0.1) is 6.54 Å². The molecule has 1 heterocycles. The van der Waals surface area contributed by atoms with E-state index in [1.807, 2.05) is 6.92 Å². The van der Waals surface area contributed by atoms with Gasteiger partial charge in [-0.1, -0.05) is 0 Å². The smallest absolute Gasteiger partial charge is 0.404 e. The van der Waals surface area contributed by atoms with Crippen molar-refractivity contribution >= 4 is 12.0 Å². The molecule has 1 aromatic heterocycles. The van der Waals surface area contributed by atoms with Gasteiger partial charge >= 0.3 is 6.09 Å². The lowest BCUT2D eigenvalue weighted by Crippen LogP contribution is -2.19. The Morgan fingerprint density at radius 1 is 1.71 bits per heavy atom. The van der Waals surface area contributed by atoms with E-state index in [-0.39, 0.29) is 6.61 Å². The molecule has 0 unspecified atom stereocenters. The molecule has 1 rings (SSSR count). The summed E-state index contributed by atoms with van der Waals surface area (Å²) in [4.78, 5) is 18.3. The molecule has 0 saturated heterocycles. The quantitative estimate of drug-likeness (QED) is 0.675. The second kappa shape index (κ2) is 5.00. The molecule has 0 bridgehead atoms. The lowest BCUT2D eigenvalue weighted by atomic mass is 10.5. The molecule has 1 aromatic rings. The van der Waals surface area contributed by atoms with Gasteiger partial charge in [0, 0.05) is 11.9 Å². The third-order valence-corrected chi connectivity index (χ3v) is 1.42. The Balaban J connectivity index is 2.28. The van der Waals surface area contributed by atoms with E-state index in [4.69, 9.17) is 5.73 Å². The molecule has 0 aliphatic carbocycles. The van der Waals surface area contributed by atoms with Crippen molar-refractivity contribution in [1.82, 2.24) is 9.97 Å². The molecule has 76 valence electrons. The average Bonchev–Trinajstić information content (AvgIpc) is 2.12. The summed E-state index contributed by atoms with van der Waals surface area (Å²) in [5, 5.41) is 2.89. The molecule has 1 amide bonds. The maximum atomic E-state index is 10.2. The summed E-state index contributed by atoms with van der Waals surface area (Å²) in [5.41, 5.74) is 5.65. The summed E-state index contributed by atoms with van der Waals surface area (Å²) in [7, 11) is 0. The maximum Gasteiger partial charge on any atom is 0.404 e. The van der Waals surface area contributed by atoms with Crippen molar-refractivity contribution in [1.29, 1.82) is 0 Å². The zero-order chi connectivity index (χ0) is 10.4. The van der Waals surface area contributed by atoms with E-state index in [2.05, 4.69) is 20.0 Å². The summed E-state index contributed by atoms with van der Waals surface area (Å²) < 4.78 is 4.51. The van der Waals surface area contributed by atoms with Gasteiger partial charge in [0.15, 0.2) is 0 Å². The number of hydrogen-bond acceptors (Lipinski definition) is 5. The molecule has 14 heavy (non-hydrogen) atoms. The summed E-state index contributed by atoms with van der Waals surface area (Å²) >= 11 is 0. The van der Waals surface area contributed by atoms with Crippen LogP contribution >= 0.6 is 0 Å². The van der Waals surface area contributed by atoms with E-state index >= 15 is 0 Å². The van der Waals surface area contributed by atoms with Crippen LogP contribution in [0.25, 0.3) is 0 Å². The van der Waals surface area contributed by atoms with Crippen molar-refractivity contribution in [2.75, 3.05) is 18.5 Å². The van der Waals surface area contributed by atoms with Crippen molar-refractivity contribution in [2.45, 2.75) is 6.92 Å². The van der Waals surface area contributed by atoms with Crippen molar-refractivity contribution in [2.24, 2.45) is 5.73 Å². The number of ether oxygens (including phenoxy) is 1. The van der Waals surface area contributed by atoms with Crippen LogP contribution in [0.1, 0.15) is 5.69 Å². The van der Waals surface area contributed by atoms with Crippen molar-refractivity contribution in [3.63, 3.8) is 0 Å². The molecule has 0 atom stereocenters.